The fourth-order valence-electron chi connectivity index (χ4n) is 1.85. The number of likely N-dealkylation sites (N-methyl/N-ethyl adjacent to an activating group) is 1. The molecule has 2 unspecified atom stereocenters. The van der Waals surface area contributed by atoms with E-state index in [4.69, 9.17) is 9.47 Å². The van der Waals surface area contributed by atoms with Gasteiger partial charge in [0.2, 0.25) is 0 Å². The van der Waals surface area contributed by atoms with Crippen molar-refractivity contribution >= 4 is 0 Å². The summed E-state index contributed by atoms with van der Waals surface area (Å²) in [4.78, 5) is 0. The number of ether oxygens (including phenoxy) is 2. The van der Waals surface area contributed by atoms with E-state index in [1.165, 1.54) is 0 Å². The number of para-hydroxylation sites is 1. The molecule has 1 aromatic carbocycles. The summed E-state index contributed by atoms with van der Waals surface area (Å²) >= 11 is 0. The summed E-state index contributed by atoms with van der Waals surface area (Å²) in [6.45, 7) is 4.75. The van der Waals surface area contributed by atoms with Gasteiger partial charge in [-0.25, -0.2) is 0 Å². The molecule has 0 spiro atoms. The van der Waals surface area contributed by atoms with Gasteiger partial charge in [-0.15, -0.1) is 0 Å². The van der Waals surface area contributed by atoms with Gasteiger partial charge in [-0.05, 0) is 19.5 Å². The number of hydrogen-bond donors (Lipinski definition) is 2. The zero-order valence-electron chi connectivity index (χ0n) is 10.9. The van der Waals surface area contributed by atoms with E-state index in [0.29, 0.717) is 11.5 Å². The quantitative estimate of drug-likeness (QED) is 0.794. The summed E-state index contributed by atoms with van der Waals surface area (Å²) in [6, 6.07) is 5.46. The first-order valence-corrected chi connectivity index (χ1v) is 5.78. The third-order valence-electron chi connectivity index (χ3n) is 2.75. The molecule has 0 fully saturated rings. The number of benzene rings is 1. The Balaban J connectivity index is 3.03. The Hall–Kier alpha value is -1.26. The Morgan fingerprint density at radius 2 is 2.00 bits per heavy atom. The molecule has 2 N–H and O–H groups in total. The van der Waals surface area contributed by atoms with E-state index >= 15 is 0 Å². The minimum atomic E-state index is -0.625. The highest BCUT2D eigenvalue weighted by molar-refractivity contribution is 5.47. The third-order valence-corrected chi connectivity index (χ3v) is 2.75. The Labute approximate surface area is 103 Å². The van der Waals surface area contributed by atoms with Gasteiger partial charge in [0, 0.05) is 11.6 Å². The molecule has 2 atom stereocenters. The van der Waals surface area contributed by atoms with Crippen LogP contribution in [-0.4, -0.2) is 31.9 Å². The number of rotatable bonds is 6. The molecule has 0 saturated carbocycles. The molecule has 0 radical (unpaired) electrons. The molecule has 96 valence electrons. The normalized spacial score (nSPS) is 14.2. The maximum absolute atomic E-state index is 10.3. The summed E-state index contributed by atoms with van der Waals surface area (Å²) < 4.78 is 10.5. The molecule has 0 aliphatic rings. The summed E-state index contributed by atoms with van der Waals surface area (Å²) in [6.07, 6.45) is -0.625. The van der Waals surface area contributed by atoms with Crippen LogP contribution in [0.1, 0.15) is 25.5 Å². The summed E-state index contributed by atoms with van der Waals surface area (Å²) in [5.41, 5.74) is 0.736. The second-order valence-corrected chi connectivity index (χ2v) is 3.87. The van der Waals surface area contributed by atoms with Gasteiger partial charge < -0.3 is 19.9 Å². The van der Waals surface area contributed by atoms with Crippen LogP contribution in [0.5, 0.6) is 11.5 Å². The van der Waals surface area contributed by atoms with Crippen LogP contribution in [0.3, 0.4) is 0 Å². The van der Waals surface area contributed by atoms with Crippen LogP contribution in [0.15, 0.2) is 18.2 Å². The Bertz CT molecular complexity index is 355. The standard InChI is InChI=1S/C13H21NO3/c1-5-14-9(2)12(15)10-7-6-8-11(16-3)13(10)17-4/h6-9,12,14-15H,5H2,1-4H3. The zero-order valence-corrected chi connectivity index (χ0v) is 10.9. The lowest BCUT2D eigenvalue weighted by Crippen LogP contribution is -2.32. The lowest BCUT2D eigenvalue weighted by atomic mass is 10.0. The van der Waals surface area contributed by atoms with Gasteiger partial charge in [0.1, 0.15) is 0 Å². The molecule has 0 aromatic heterocycles. The van der Waals surface area contributed by atoms with Gasteiger partial charge in [0.05, 0.1) is 20.3 Å². The van der Waals surface area contributed by atoms with Crippen LogP contribution in [0, 0.1) is 0 Å². The van der Waals surface area contributed by atoms with E-state index in [0.717, 1.165) is 12.1 Å². The van der Waals surface area contributed by atoms with Crippen LogP contribution in [-0.2, 0) is 0 Å². The SMILES string of the molecule is CCNC(C)C(O)c1cccc(OC)c1OC. The van der Waals surface area contributed by atoms with E-state index in [1.807, 2.05) is 32.0 Å². The lowest BCUT2D eigenvalue weighted by molar-refractivity contribution is 0.133. The molecule has 4 heteroatoms. The average molecular weight is 239 g/mol. The van der Waals surface area contributed by atoms with Gasteiger partial charge in [-0.3, -0.25) is 0 Å². The van der Waals surface area contributed by atoms with E-state index in [-0.39, 0.29) is 6.04 Å². The molecular formula is C13H21NO3. The van der Waals surface area contributed by atoms with Gasteiger partial charge >= 0.3 is 0 Å². The lowest BCUT2D eigenvalue weighted by Gasteiger charge is -2.22. The summed E-state index contributed by atoms with van der Waals surface area (Å²) in [5.74, 6) is 1.22. The smallest absolute Gasteiger partial charge is 0.166 e. The molecule has 0 amide bonds. The predicted octanol–water partition coefficient (Wildman–Crippen LogP) is 1.74. The van der Waals surface area contributed by atoms with E-state index in [1.54, 1.807) is 14.2 Å². The molecule has 1 aromatic rings. The van der Waals surface area contributed by atoms with Crippen molar-refractivity contribution in [2.45, 2.75) is 26.0 Å². The van der Waals surface area contributed by atoms with Crippen molar-refractivity contribution in [1.82, 2.24) is 5.32 Å². The maximum Gasteiger partial charge on any atom is 0.166 e. The highest BCUT2D eigenvalue weighted by Gasteiger charge is 2.21. The third kappa shape index (κ3) is 3.11. The fraction of sp³-hybridized carbons (Fsp3) is 0.538. The van der Waals surface area contributed by atoms with Crippen molar-refractivity contribution in [3.8, 4) is 11.5 Å². The molecule has 0 bridgehead atoms. The first-order chi connectivity index (χ1) is 8.15. The number of methoxy groups -OCH3 is 2. The average Bonchev–Trinajstić information content (AvgIpc) is 2.36. The van der Waals surface area contributed by atoms with Gasteiger partial charge in [-0.1, -0.05) is 19.1 Å². The van der Waals surface area contributed by atoms with Gasteiger partial charge in [0.15, 0.2) is 11.5 Å². The molecule has 1 rings (SSSR count). The number of nitrogens with one attached hydrogen (secondary N) is 1. The largest absolute Gasteiger partial charge is 0.493 e. The number of aliphatic hydroxyl groups excluding tert-OH is 1. The van der Waals surface area contributed by atoms with E-state index in [2.05, 4.69) is 5.32 Å². The van der Waals surface area contributed by atoms with Crippen LogP contribution >= 0.6 is 0 Å². The van der Waals surface area contributed by atoms with Crippen molar-refractivity contribution in [1.29, 1.82) is 0 Å². The highest BCUT2D eigenvalue weighted by Crippen LogP contribution is 2.35. The summed E-state index contributed by atoms with van der Waals surface area (Å²) in [7, 11) is 3.16. The van der Waals surface area contributed by atoms with Crippen molar-refractivity contribution in [3.05, 3.63) is 23.8 Å². The van der Waals surface area contributed by atoms with Crippen molar-refractivity contribution in [2.24, 2.45) is 0 Å². The Morgan fingerprint density at radius 3 is 2.53 bits per heavy atom. The van der Waals surface area contributed by atoms with Crippen LogP contribution in [0.2, 0.25) is 0 Å². The first-order valence-electron chi connectivity index (χ1n) is 5.78. The Kier molecular flexibility index (Phi) is 5.25. The minimum absolute atomic E-state index is 0.0407. The molecule has 0 aliphatic carbocycles. The second-order valence-electron chi connectivity index (χ2n) is 3.87. The molecule has 4 nitrogen and oxygen atoms in total. The molecular weight excluding hydrogens is 218 g/mol. The summed E-state index contributed by atoms with van der Waals surface area (Å²) in [5, 5.41) is 13.4. The van der Waals surface area contributed by atoms with Crippen LogP contribution in [0.25, 0.3) is 0 Å². The predicted molar refractivity (Wildman–Crippen MR) is 67.6 cm³/mol. The molecule has 0 heterocycles. The van der Waals surface area contributed by atoms with Crippen LogP contribution in [0.4, 0.5) is 0 Å². The molecule has 0 saturated heterocycles. The topological polar surface area (TPSA) is 50.7 Å². The molecule has 0 aliphatic heterocycles. The molecule has 17 heavy (non-hydrogen) atoms. The van der Waals surface area contributed by atoms with E-state index < -0.39 is 6.10 Å². The van der Waals surface area contributed by atoms with Crippen molar-refractivity contribution < 1.29 is 14.6 Å². The fourth-order valence-corrected chi connectivity index (χ4v) is 1.85. The van der Waals surface area contributed by atoms with Crippen LogP contribution < -0.4 is 14.8 Å². The van der Waals surface area contributed by atoms with Gasteiger partial charge in [-0.2, -0.15) is 0 Å². The highest BCUT2D eigenvalue weighted by atomic mass is 16.5. The van der Waals surface area contributed by atoms with Crippen molar-refractivity contribution in [2.75, 3.05) is 20.8 Å². The second kappa shape index (κ2) is 6.47. The Morgan fingerprint density at radius 1 is 1.29 bits per heavy atom. The van der Waals surface area contributed by atoms with E-state index in [9.17, 15) is 5.11 Å². The minimum Gasteiger partial charge on any atom is -0.493 e. The number of hydrogen-bond acceptors (Lipinski definition) is 4. The first kappa shape index (κ1) is 13.8. The monoisotopic (exact) mass is 239 g/mol. The zero-order chi connectivity index (χ0) is 12.8. The number of aliphatic hydroxyl groups is 1. The van der Waals surface area contributed by atoms with Crippen molar-refractivity contribution in [3.63, 3.8) is 0 Å². The maximum atomic E-state index is 10.3. The van der Waals surface area contributed by atoms with Gasteiger partial charge in [0.25, 0.3) is 0 Å².